The maximum Gasteiger partial charge on any atom is 0.224 e. The molecule has 2 atom stereocenters. The first kappa shape index (κ1) is 38.6. The van der Waals surface area contributed by atoms with Gasteiger partial charge in [0.25, 0.3) is 0 Å². The van der Waals surface area contributed by atoms with Gasteiger partial charge in [0.05, 0.1) is 46.2 Å². The van der Waals surface area contributed by atoms with E-state index in [-0.39, 0.29) is 18.1 Å². The third kappa shape index (κ3) is 10.5. The molecule has 0 radical (unpaired) electrons. The summed E-state index contributed by atoms with van der Waals surface area (Å²) in [6, 6.07) is 11.4. The molecule has 51 heavy (non-hydrogen) atoms. The van der Waals surface area contributed by atoms with Gasteiger partial charge in [0, 0.05) is 43.4 Å². The van der Waals surface area contributed by atoms with Crippen molar-refractivity contribution in [3.05, 3.63) is 47.1 Å². The number of nitrogens with zero attached hydrogens (tertiary/aromatic N) is 3. The Morgan fingerprint density at radius 1 is 1.08 bits per heavy atom. The first-order valence-electron chi connectivity index (χ1n) is 18.6. The molecule has 2 fully saturated rings. The highest BCUT2D eigenvalue weighted by Crippen LogP contribution is 2.41. The number of methoxy groups -OCH3 is 1. The van der Waals surface area contributed by atoms with Crippen LogP contribution in [0.15, 0.2) is 36.5 Å². The van der Waals surface area contributed by atoms with Crippen molar-refractivity contribution in [2.75, 3.05) is 58.1 Å². The minimum atomic E-state index is -0.108. The van der Waals surface area contributed by atoms with Gasteiger partial charge in [-0.25, -0.2) is 0 Å². The Morgan fingerprint density at radius 2 is 1.82 bits per heavy atom. The number of piperidine rings is 1. The lowest BCUT2D eigenvalue weighted by molar-refractivity contribution is -0.116. The topological polar surface area (TPSA) is 121 Å². The zero-order valence-corrected chi connectivity index (χ0v) is 31.5. The van der Waals surface area contributed by atoms with Gasteiger partial charge in [-0.3, -0.25) is 9.78 Å². The normalized spacial score (nSPS) is 19.4. The molecule has 1 aromatic heterocycles. The Kier molecular flexibility index (Phi) is 14.2. The van der Waals surface area contributed by atoms with Crippen LogP contribution in [0.5, 0.6) is 11.5 Å². The van der Waals surface area contributed by atoms with Gasteiger partial charge in [0.15, 0.2) is 0 Å². The highest BCUT2D eigenvalue weighted by molar-refractivity contribution is 6.32. The van der Waals surface area contributed by atoms with Crippen LogP contribution < -0.4 is 25.4 Å². The van der Waals surface area contributed by atoms with Crippen LogP contribution in [0, 0.1) is 16.7 Å². The van der Waals surface area contributed by atoms with Crippen LogP contribution >= 0.6 is 11.6 Å². The quantitative estimate of drug-likeness (QED) is 0.160. The first-order valence-corrected chi connectivity index (χ1v) is 19.0. The predicted molar refractivity (Wildman–Crippen MR) is 205 cm³/mol. The molecule has 2 heterocycles. The second-order valence-electron chi connectivity index (χ2n) is 14.4. The maximum absolute atomic E-state index is 12.9. The average Bonchev–Trinajstić information content (AvgIpc) is 3.11. The summed E-state index contributed by atoms with van der Waals surface area (Å²) in [6.45, 7) is 4.56. The largest absolute Gasteiger partial charge is 0.492 e. The van der Waals surface area contributed by atoms with Crippen LogP contribution in [0.1, 0.15) is 89.5 Å². The maximum atomic E-state index is 12.9. The van der Waals surface area contributed by atoms with Crippen LogP contribution in [-0.2, 0) is 9.53 Å². The monoisotopic (exact) mass is 718 g/mol. The molecule has 5 rings (SSSR count). The number of nitriles is 1. The van der Waals surface area contributed by atoms with Crippen molar-refractivity contribution in [1.82, 2.24) is 15.2 Å². The second-order valence-corrected chi connectivity index (χ2v) is 14.8. The Labute approximate surface area is 308 Å². The number of amides is 1. The smallest absolute Gasteiger partial charge is 0.224 e. The third-order valence-electron chi connectivity index (χ3n) is 10.3. The number of hydrogen-bond acceptors (Lipinski definition) is 9. The van der Waals surface area contributed by atoms with E-state index < -0.39 is 0 Å². The summed E-state index contributed by atoms with van der Waals surface area (Å²) in [5, 5.41) is 21.3. The number of carbonyl (C=O) groups excluding carboxylic acids is 1. The van der Waals surface area contributed by atoms with Crippen molar-refractivity contribution >= 4 is 45.5 Å². The highest BCUT2D eigenvalue weighted by atomic mass is 35.5. The Bertz CT molecular complexity index is 1650. The van der Waals surface area contributed by atoms with Gasteiger partial charge in [-0.05, 0) is 82.9 Å². The summed E-state index contributed by atoms with van der Waals surface area (Å²) in [4.78, 5) is 19.4. The molecule has 2 aromatic carbocycles. The van der Waals surface area contributed by atoms with E-state index in [0.29, 0.717) is 75.1 Å². The van der Waals surface area contributed by atoms with Crippen molar-refractivity contribution in [2.45, 2.75) is 96.1 Å². The number of ether oxygens (including phenoxy) is 3. The van der Waals surface area contributed by atoms with Crippen molar-refractivity contribution in [1.29, 1.82) is 5.26 Å². The number of nitrogens with one attached hydrogen (secondary N) is 3. The lowest BCUT2D eigenvalue weighted by Crippen LogP contribution is -2.56. The van der Waals surface area contributed by atoms with Gasteiger partial charge >= 0.3 is 0 Å². The van der Waals surface area contributed by atoms with E-state index in [9.17, 15) is 10.1 Å². The third-order valence-corrected chi connectivity index (χ3v) is 10.6. The van der Waals surface area contributed by atoms with Crippen molar-refractivity contribution in [3.63, 3.8) is 0 Å². The number of rotatable bonds is 13. The molecule has 1 aliphatic heterocycles. The Hall–Kier alpha value is -3.62. The lowest BCUT2D eigenvalue weighted by Gasteiger charge is -2.45. The number of benzene rings is 2. The molecule has 1 amide bonds. The number of hydrogen-bond donors (Lipinski definition) is 3. The van der Waals surface area contributed by atoms with E-state index in [4.69, 9.17) is 25.8 Å². The van der Waals surface area contributed by atoms with Crippen LogP contribution in [0.4, 0.5) is 17.1 Å². The zero-order valence-electron chi connectivity index (χ0n) is 30.8. The molecule has 10 nitrogen and oxygen atoms in total. The van der Waals surface area contributed by atoms with E-state index in [0.717, 1.165) is 25.9 Å². The van der Waals surface area contributed by atoms with E-state index in [2.05, 4.69) is 27.0 Å². The number of pyridine rings is 1. The molecule has 1 saturated heterocycles. The summed E-state index contributed by atoms with van der Waals surface area (Å²) in [7, 11) is 5.78. The fourth-order valence-corrected chi connectivity index (χ4v) is 7.76. The second kappa shape index (κ2) is 18.7. The van der Waals surface area contributed by atoms with Crippen LogP contribution in [0.3, 0.4) is 0 Å². The molecule has 2 unspecified atom stereocenters. The molecule has 1 spiro atoms. The van der Waals surface area contributed by atoms with Crippen LogP contribution in [-0.4, -0.2) is 75.4 Å². The standard InChI is InChI=1S/C40H55ClN6O4/c1-5-50-36-22-32-30(21-33(36)46-38(48)14-13-19-47(2)3)39(28(24-42)25-43-32)45-29-15-16-35(31(41)20-29)51-26-34-37(49-4)23-40(27-44-34)17-11-9-7-6-8-10-12-18-40/h15-16,20-22,25,34,37,44H,5-14,17-19,23,26-27H2,1-4H3,(H,43,45)(H,46,48). The molecular formula is C40H55ClN6O4. The zero-order chi connectivity index (χ0) is 36.2. The Balaban J connectivity index is 1.29. The van der Waals surface area contributed by atoms with Gasteiger partial charge in [-0.1, -0.05) is 56.5 Å². The molecule has 2 aliphatic rings. The number of aromatic nitrogens is 1. The molecule has 1 saturated carbocycles. The van der Waals surface area contributed by atoms with Gasteiger partial charge in [-0.15, -0.1) is 0 Å². The van der Waals surface area contributed by atoms with E-state index in [1.54, 1.807) is 12.1 Å². The summed E-state index contributed by atoms with van der Waals surface area (Å²) >= 11 is 6.79. The number of halogens is 1. The van der Waals surface area contributed by atoms with Crippen LogP contribution in [0.25, 0.3) is 10.9 Å². The number of fused-ring (bicyclic) bond motifs is 1. The van der Waals surface area contributed by atoms with E-state index in [1.165, 1.54) is 64.0 Å². The van der Waals surface area contributed by atoms with E-state index in [1.807, 2.05) is 51.2 Å². The minimum absolute atomic E-state index is 0.0653. The molecule has 1 aliphatic carbocycles. The van der Waals surface area contributed by atoms with Gasteiger partial charge in [0.1, 0.15) is 24.2 Å². The lowest BCUT2D eigenvalue weighted by atomic mass is 9.70. The van der Waals surface area contributed by atoms with Gasteiger partial charge in [-0.2, -0.15) is 5.26 Å². The minimum Gasteiger partial charge on any atom is -0.492 e. The van der Waals surface area contributed by atoms with E-state index >= 15 is 0 Å². The summed E-state index contributed by atoms with van der Waals surface area (Å²) < 4.78 is 18.2. The van der Waals surface area contributed by atoms with Crippen molar-refractivity contribution in [3.8, 4) is 17.6 Å². The highest BCUT2D eigenvalue weighted by Gasteiger charge is 2.40. The first-order chi connectivity index (χ1) is 24.7. The molecule has 3 aromatic rings. The number of anilines is 3. The van der Waals surface area contributed by atoms with Crippen LogP contribution in [0.2, 0.25) is 5.02 Å². The number of carbonyl (C=O) groups is 1. The predicted octanol–water partition coefficient (Wildman–Crippen LogP) is 8.45. The Morgan fingerprint density at radius 3 is 2.49 bits per heavy atom. The molecule has 276 valence electrons. The fraction of sp³-hybridized carbons (Fsp3) is 0.575. The molecule has 3 N–H and O–H groups in total. The average molecular weight is 719 g/mol. The fourth-order valence-electron chi connectivity index (χ4n) is 7.52. The van der Waals surface area contributed by atoms with Gasteiger partial charge < -0.3 is 35.1 Å². The summed E-state index contributed by atoms with van der Waals surface area (Å²) in [5.41, 5.74) is 3.04. The van der Waals surface area contributed by atoms with Gasteiger partial charge in [0.2, 0.25) is 5.91 Å². The molecular weight excluding hydrogens is 664 g/mol. The summed E-state index contributed by atoms with van der Waals surface area (Å²) in [5.74, 6) is 0.995. The van der Waals surface area contributed by atoms with Crippen molar-refractivity contribution in [2.24, 2.45) is 5.41 Å². The summed E-state index contributed by atoms with van der Waals surface area (Å²) in [6.07, 6.45) is 15.6. The molecule has 11 heteroatoms. The SMILES string of the molecule is CCOc1cc2ncc(C#N)c(Nc3ccc(OCC4NCC5(CCCCCCCCC5)CC4OC)c(Cl)c3)c2cc1NC(=O)CCCN(C)C. The van der Waals surface area contributed by atoms with Crippen molar-refractivity contribution < 1.29 is 19.0 Å². The molecule has 0 bridgehead atoms.